The van der Waals surface area contributed by atoms with Gasteiger partial charge in [0.05, 0.1) is 0 Å². The maximum atomic E-state index is 12.5. The van der Waals surface area contributed by atoms with Gasteiger partial charge >= 0.3 is 0 Å². The van der Waals surface area contributed by atoms with Gasteiger partial charge in [-0.1, -0.05) is 82.1 Å². The van der Waals surface area contributed by atoms with Crippen LogP contribution in [0.2, 0.25) is 10.0 Å². The van der Waals surface area contributed by atoms with Crippen molar-refractivity contribution < 1.29 is 4.79 Å². The molecule has 2 rings (SSSR count). The molecule has 0 saturated heterocycles. The van der Waals surface area contributed by atoms with Crippen LogP contribution in [-0.2, 0) is 11.2 Å². The third-order valence-corrected chi connectivity index (χ3v) is 5.19. The van der Waals surface area contributed by atoms with E-state index in [1.54, 1.807) is 0 Å². The summed E-state index contributed by atoms with van der Waals surface area (Å²) in [7, 11) is 0. The van der Waals surface area contributed by atoms with E-state index in [1.807, 2.05) is 78.8 Å². The lowest BCUT2D eigenvalue weighted by atomic mass is 9.85. The third-order valence-electron chi connectivity index (χ3n) is 4.59. The van der Waals surface area contributed by atoms with E-state index in [0.717, 1.165) is 28.1 Å². The van der Waals surface area contributed by atoms with Gasteiger partial charge in [-0.15, -0.1) is 0 Å². The fourth-order valence-electron chi connectivity index (χ4n) is 2.87. The van der Waals surface area contributed by atoms with Crippen molar-refractivity contribution >= 4 is 29.1 Å². The van der Waals surface area contributed by atoms with Gasteiger partial charge in [-0.2, -0.15) is 0 Å². The summed E-state index contributed by atoms with van der Waals surface area (Å²) in [4.78, 5) is 12.5. The second-order valence-electron chi connectivity index (χ2n) is 7.97. The number of benzene rings is 2. The molecule has 0 fully saturated rings. The molecule has 1 N–H and O–H groups in total. The molecular weight excluding hydrogens is 389 g/mol. The summed E-state index contributed by atoms with van der Waals surface area (Å²) in [5.74, 6) is 0.137. The van der Waals surface area contributed by atoms with Crippen LogP contribution in [0.5, 0.6) is 0 Å². The van der Waals surface area contributed by atoms with Crippen molar-refractivity contribution in [3.8, 4) is 0 Å². The highest BCUT2D eigenvalue weighted by Gasteiger charge is 2.27. The molecule has 2 aromatic carbocycles. The Morgan fingerprint density at radius 1 is 1.04 bits per heavy atom. The van der Waals surface area contributed by atoms with E-state index < -0.39 is 5.41 Å². The predicted octanol–water partition coefficient (Wildman–Crippen LogP) is 7.21. The van der Waals surface area contributed by atoms with Gasteiger partial charge in [-0.05, 0) is 55.2 Å². The van der Waals surface area contributed by atoms with Gasteiger partial charge in [0.25, 0.3) is 0 Å². The minimum atomic E-state index is -0.430. The maximum Gasteiger partial charge on any atom is 0.225 e. The van der Waals surface area contributed by atoms with Crippen LogP contribution in [0.1, 0.15) is 64.2 Å². The first-order valence-corrected chi connectivity index (χ1v) is 10.6. The normalized spacial score (nSPS) is 13.2. The van der Waals surface area contributed by atoms with Gasteiger partial charge in [0.2, 0.25) is 5.91 Å². The summed E-state index contributed by atoms with van der Waals surface area (Å²) in [6.07, 6.45) is 0.742. The lowest BCUT2D eigenvalue weighted by Crippen LogP contribution is -2.43. The van der Waals surface area contributed by atoms with Crippen LogP contribution < -0.4 is 5.32 Å². The van der Waals surface area contributed by atoms with E-state index in [2.05, 4.69) is 17.4 Å². The molecule has 0 aliphatic heterocycles. The number of halogens is 2. The second-order valence-corrected chi connectivity index (χ2v) is 8.81. The van der Waals surface area contributed by atoms with Crippen molar-refractivity contribution in [2.75, 3.05) is 0 Å². The molecule has 0 radical (unpaired) electrons. The summed E-state index contributed by atoms with van der Waals surface area (Å²) >= 11 is 12.5. The molecule has 0 aliphatic rings. The Kier molecular flexibility index (Phi) is 9.53. The molecule has 0 aromatic heterocycles. The van der Waals surface area contributed by atoms with Gasteiger partial charge in [-0.3, -0.25) is 4.79 Å². The molecule has 0 aliphatic carbocycles. The number of carbonyl (C=O) groups excluding carboxylic acids is 1. The minimum absolute atomic E-state index is 0.0407. The molecule has 1 amide bonds. The number of aryl methyl sites for hydroxylation is 1. The Bertz CT molecular complexity index is 763. The van der Waals surface area contributed by atoms with Crippen LogP contribution in [0, 0.1) is 12.3 Å². The first kappa shape index (κ1) is 24.5. The van der Waals surface area contributed by atoms with Crippen LogP contribution in [0.4, 0.5) is 0 Å². The number of carbonyl (C=O) groups is 1. The summed E-state index contributed by atoms with van der Waals surface area (Å²) in [6.45, 7) is 13.8. The van der Waals surface area contributed by atoms with E-state index in [0.29, 0.717) is 5.02 Å². The van der Waals surface area contributed by atoms with Crippen molar-refractivity contribution in [2.45, 2.75) is 66.8 Å². The lowest BCUT2D eigenvalue weighted by Gasteiger charge is -2.29. The summed E-state index contributed by atoms with van der Waals surface area (Å²) < 4.78 is 0. The highest BCUT2D eigenvalue weighted by Crippen LogP contribution is 2.30. The smallest absolute Gasteiger partial charge is 0.225 e. The standard InChI is InChI=1S/C22H27Cl2NO.C2H6/c1-14-6-7-17(20(24)12-14)13-19(16-8-10-18(23)11-9-16)15(2)25-21(26)22(3,4)5;1-2/h6-12,15,19H,13H2,1-5H3,(H,25,26);1-2H3. The molecule has 0 heterocycles. The van der Waals surface area contributed by atoms with Gasteiger partial charge in [0, 0.05) is 27.4 Å². The van der Waals surface area contributed by atoms with Crippen LogP contribution in [0.15, 0.2) is 42.5 Å². The van der Waals surface area contributed by atoms with Gasteiger partial charge in [0.15, 0.2) is 0 Å². The number of amides is 1. The largest absolute Gasteiger partial charge is 0.353 e. The maximum absolute atomic E-state index is 12.5. The van der Waals surface area contributed by atoms with E-state index in [-0.39, 0.29) is 17.9 Å². The molecule has 0 bridgehead atoms. The molecule has 0 spiro atoms. The van der Waals surface area contributed by atoms with Crippen LogP contribution in [0.25, 0.3) is 0 Å². The molecule has 28 heavy (non-hydrogen) atoms. The van der Waals surface area contributed by atoms with E-state index >= 15 is 0 Å². The number of nitrogens with one attached hydrogen (secondary N) is 1. The quantitative estimate of drug-likeness (QED) is 0.542. The second kappa shape index (κ2) is 10.9. The Balaban J connectivity index is 0.00000190. The fourth-order valence-corrected chi connectivity index (χ4v) is 3.31. The zero-order chi connectivity index (χ0) is 21.5. The Morgan fingerprint density at radius 2 is 1.61 bits per heavy atom. The molecule has 2 unspecified atom stereocenters. The number of hydrogen-bond donors (Lipinski definition) is 1. The summed E-state index contributed by atoms with van der Waals surface area (Å²) in [5, 5.41) is 4.63. The SMILES string of the molecule is CC.Cc1ccc(CC(c2ccc(Cl)cc2)C(C)NC(=O)C(C)(C)C)c(Cl)c1. The lowest BCUT2D eigenvalue weighted by molar-refractivity contribution is -0.129. The zero-order valence-corrected chi connectivity index (χ0v) is 19.6. The van der Waals surface area contributed by atoms with Crippen molar-refractivity contribution in [3.05, 3.63) is 69.2 Å². The van der Waals surface area contributed by atoms with Crippen molar-refractivity contribution in [2.24, 2.45) is 5.41 Å². The van der Waals surface area contributed by atoms with Gasteiger partial charge in [0.1, 0.15) is 0 Å². The Morgan fingerprint density at radius 3 is 2.11 bits per heavy atom. The number of hydrogen-bond acceptors (Lipinski definition) is 1. The highest BCUT2D eigenvalue weighted by atomic mass is 35.5. The first-order chi connectivity index (χ1) is 13.1. The van der Waals surface area contributed by atoms with Crippen molar-refractivity contribution in [1.82, 2.24) is 5.32 Å². The van der Waals surface area contributed by atoms with Gasteiger partial charge in [-0.25, -0.2) is 0 Å². The molecule has 0 saturated carbocycles. The predicted molar refractivity (Wildman–Crippen MR) is 122 cm³/mol. The summed E-state index contributed by atoms with van der Waals surface area (Å²) in [5.41, 5.74) is 2.91. The number of rotatable bonds is 5. The van der Waals surface area contributed by atoms with Crippen molar-refractivity contribution in [1.29, 1.82) is 0 Å². The fraction of sp³-hybridized carbons (Fsp3) is 0.458. The van der Waals surface area contributed by atoms with Crippen LogP contribution in [0.3, 0.4) is 0 Å². The van der Waals surface area contributed by atoms with E-state index in [4.69, 9.17) is 23.2 Å². The molecule has 2 nitrogen and oxygen atoms in total. The van der Waals surface area contributed by atoms with E-state index in [1.165, 1.54) is 0 Å². The average molecular weight is 422 g/mol. The van der Waals surface area contributed by atoms with Gasteiger partial charge < -0.3 is 5.32 Å². The Hall–Kier alpha value is -1.51. The highest BCUT2D eigenvalue weighted by molar-refractivity contribution is 6.31. The third kappa shape index (κ3) is 7.14. The average Bonchev–Trinajstić information content (AvgIpc) is 2.63. The summed E-state index contributed by atoms with van der Waals surface area (Å²) in [6, 6.07) is 13.9. The Labute approximate surface area is 180 Å². The topological polar surface area (TPSA) is 29.1 Å². The first-order valence-electron chi connectivity index (χ1n) is 9.89. The minimum Gasteiger partial charge on any atom is -0.353 e. The molecular formula is C24H33Cl2NO. The van der Waals surface area contributed by atoms with Crippen molar-refractivity contribution in [3.63, 3.8) is 0 Å². The zero-order valence-electron chi connectivity index (χ0n) is 18.1. The molecule has 154 valence electrons. The monoisotopic (exact) mass is 421 g/mol. The van der Waals surface area contributed by atoms with Crippen LogP contribution in [-0.4, -0.2) is 11.9 Å². The van der Waals surface area contributed by atoms with E-state index in [9.17, 15) is 4.79 Å². The molecule has 4 heteroatoms. The molecule has 2 atom stereocenters. The van der Waals surface area contributed by atoms with Crippen LogP contribution >= 0.6 is 23.2 Å². The molecule has 2 aromatic rings.